The molecule has 6 nitrogen and oxygen atoms in total. The molecule has 0 saturated heterocycles. The molecule has 84 valence electrons. The van der Waals surface area contributed by atoms with Gasteiger partial charge in [-0.2, -0.15) is 0 Å². The first-order valence-electron chi connectivity index (χ1n) is 4.67. The van der Waals surface area contributed by atoms with Crippen molar-refractivity contribution in [1.29, 1.82) is 0 Å². The van der Waals surface area contributed by atoms with Crippen molar-refractivity contribution in [3.63, 3.8) is 0 Å². The maximum absolute atomic E-state index is 11.6. The number of phenolic OH excluding ortho intramolecular Hbond substituents is 1. The summed E-state index contributed by atoms with van der Waals surface area (Å²) in [6, 6.07) is 2.45. The number of nitro groups is 1. The van der Waals surface area contributed by atoms with Crippen LogP contribution in [0.15, 0.2) is 12.1 Å². The molecule has 1 aromatic carbocycles. The molecule has 0 atom stereocenters. The van der Waals surface area contributed by atoms with Gasteiger partial charge in [-0.3, -0.25) is 14.9 Å². The van der Waals surface area contributed by atoms with Crippen molar-refractivity contribution in [2.75, 3.05) is 5.32 Å². The molecule has 6 heteroatoms. The lowest BCUT2D eigenvalue weighted by molar-refractivity contribution is -0.385. The third-order valence-electron chi connectivity index (χ3n) is 2.80. The first-order chi connectivity index (χ1) is 7.34. The maximum Gasteiger partial charge on any atom is 0.311 e. The van der Waals surface area contributed by atoms with Crippen LogP contribution in [0, 0.1) is 10.1 Å². The quantitative estimate of drug-likeness (QED) is 0.556. The standard InChI is InChI=1S/C10H10N2O4/c1-10(2)5-3-7(12(15)16)8(13)4-6(5)11-9(10)14/h3-4,13H,1-2H3,(H,11,14). The molecule has 1 aromatic rings. The molecule has 0 aromatic heterocycles. The summed E-state index contributed by atoms with van der Waals surface area (Å²) in [4.78, 5) is 21.6. The highest BCUT2D eigenvalue weighted by molar-refractivity contribution is 6.06. The van der Waals surface area contributed by atoms with Gasteiger partial charge in [0, 0.05) is 17.8 Å². The van der Waals surface area contributed by atoms with Crippen LogP contribution in [0.2, 0.25) is 0 Å². The lowest BCUT2D eigenvalue weighted by atomic mass is 9.86. The number of anilines is 1. The Bertz CT molecular complexity index is 508. The number of rotatable bonds is 1. The van der Waals surface area contributed by atoms with Gasteiger partial charge in [-0.05, 0) is 19.4 Å². The lowest BCUT2D eigenvalue weighted by Crippen LogP contribution is -2.26. The summed E-state index contributed by atoms with van der Waals surface area (Å²) in [5, 5.41) is 22.6. The summed E-state index contributed by atoms with van der Waals surface area (Å²) in [6.45, 7) is 3.35. The van der Waals surface area contributed by atoms with E-state index in [2.05, 4.69) is 5.32 Å². The van der Waals surface area contributed by atoms with E-state index < -0.39 is 16.1 Å². The second-order valence-corrected chi connectivity index (χ2v) is 4.22. The smallest absolute Gasteiger partial charge is 0.311 e. The monoisotopic (exact) mass is 222 g/mol. The highest BCUT2D eigenvalue weighted by atomic mass is 16.6. The van der Waals surface area contributed by atoms with E-state index in [9.17, 15) is 20.0 Å². The molecule has 0 spiro atoms. The fraction of sp³-hybridized carbons (Fsp3) is 0.300. The van der Waals surface area contributed by atoms with E-state index in [-0.39, 0.29) is 11.6 Å². The van der Waals surface area contributed by atoms with Crippen LogP contribution in [-0.2, 0) is 10.2 Å². The Morgan fingerprint density at radius 1 is 1.44 bits per heavy atom. The van der Waals surface area contributed by atoms with E-state index in [1.807, 2.05) is 0 Å². The Balaban J connectivity index is 2.67. The number of amides is 1. The Labute approximate surface area is 91.0 Å². The molecule has 1 heterocycles. The largest absolute Gasteiger partial charge is 0.502 e. The van der Waals surface area contributed by atoms with Gasteiger partial charge in [0.2, 0.25) is 5.91 Å². The fourth-order valence-electron chi connectivity index (χ4n) is 1.74. The minimum absolute atomic E-state index is 0.234. The van der Waals surface area contributed by atoms with Gasteiger partial charge in [-0.15, -0.1) is 0 Å². The number of benzene rings is 1. The number of carbonyl (C=O) groups is 1. The molecule has 1 aliphatic rings. The minimum Gasteiger partial charge on any atom is -0.502 e. The Morgan fingerprint density at radius 3 is 2.62 bits per heavy atom. The first kappa shape index (κ1) is 10.4. The molecular weight excluding hydrogens is 212 g/mol. The Morgan fingerprint density at radius 2 is 2.06 bits per heavy atom. The molecule has 0 unspecified atom stereocenters. The minimum atomic E-state index is -0.812. The van der Waals surface area contributed by atoms with Crippen molar-refractivity contribution in [1.82, 2.24) is 0 Å². The van der Waals surface area contributed by atoms with Gasteiger partial charge in [-0.1, -0.05) is 0 Å². The van der Waals surface area contributed by atoms with Crippen molar-refractivity contribution in [2.24, 2.45) is 0 Å². The zero-order valence-electron chi connectivity index (χ0n) is 8.77. The van der Waals surface area contributed by atoms with Gasteiger partial charge in [-0.25, -0.2) is 0 Å². The summed E-state index contributed by atoms with van der Waals surface area (Å²) in [6.07, 6.45) is 0. The van der Waals surface area contributed by atoms with Crippen LogP contribution < -0.4 is 5.32 Å². The van der Waals surface area contributed by atoms with Gasteiger partial charge in [0.1, 0.15) is 0 Å². The number of carbonyl (C=O) groups excluding carboxylic acids is 1. The summed E-state index contributed by atoms with van der Waals surface area (Å²) < 4.78 is 0. The van der Waals surface area contributed by atoms with Crippen LogP contribution in [0.25, 0.3) is 0 Å². The van der Waals surface area contributed by atoms with Crippen LogP contribution in [0.4, 0.5) is 11.4 Å². The normalized spacial score (nSPS) is 16.8. The van der Waals surface area contributed by atoms with Gasteiger partial charge < -0.3 is 10.4 Å². The lowest BCUT2D eigenvalue weighted by Gasteiger charge is -2.14. The van der Waals surface area contributed by atoms with Crippen LogP contribution >= 0.6 is 0 Å². The van der Waals surface area contributed by atoms with Crippen LogP contribution in [0.5, 0.6) is 5.75 Å². The van der Waals surface area contributed by atoms with E-state index in [0.29, 0.717) is 11.3 Å². The molecular formula is C10H10N2O4. The SMILES string of the molecule is CC1(C)C(=O)Nc2cc(O)c([N+](=O)[O-])cc21. The average molecular weight is 222 g/mol. The Hall–Kier alpha value is -2.11. The van der Waals surface area contributed by atoms with E-state index in [0.717, 1.165) is 0 Å². The molecule has 0 radical (unpaired) electrons. The summed E-state index contributed by atoms with van der Waals surface area (Å²) in [5.41, 5.74) is -0.239. The average Bonchev–Trinajstić information content (AvgIpc) is 2.36. The maximum atomic E-state index is 11.6. The second-order valence-electron chi connectivity index (χ2n) is 4.22. The molecule has 1 aliphatic heterocycles. The van der Waals surface area contributed by atoms with Crippen molar-refractivity contribution >= 4 is 17.3 Å². The number of nitro benzene ring substituents is 1. The van der Waals surface area contributed by atoms with Gasteiger partial charge in [0.05, 0.1) is 10.3 Å². The first-order valence-corrected chi connectivity index (χ1v) is 4.67. The number of nitrogens with one attached hydrogen (secondary N) is 1. The van der Waals surface area contributed by atoms with Crippen molar-refractivity contribution in [3.8, 4) is 5.75 Å². The van der Waals surface area contributed by atoms with Crippen LogP contribution in [-0.4, -0.2) is 15.9 Å². The molecule has 0 saturated carbocycles. The predicted molar refractivity (Wildman–Crippen MR) is 56.4 cm³/mol. The van der Waals surface area contributed by atoms with E-state index in [4.69, 9.17) is 0 Å². The summed E-state index contributed by atoms with van der Waals surface area (Å²) in [7, 11) is 0. The van der Waals surface area contributed by atoms with E-state index in [1.54, 1.807) is 13.8 Å². The predicted octanol–water partition coefficient (Wildman–Crippen LogP) is 1.53. The number of aromatic hydroxyl groups is 1. The number of phenols is 1. The van der Waals surface area contributed by atoms with Gasteiger partial charge in [0.25, 0.3) is 0 Å². The number of hydrogen-bond acceptors (Lipinski definition) is 4. The second kappa shape index (κ2) is 2.94. The topological polar surface area (TPSA) is 92.5 Å². The number of fused-ring (bicyclic) bond motifs is 1. The molecule has 0 fully saturated rings. The van der Waals surface area contributed by atoms with E-state index >= 15 is 0 Å². The fourth-order valence-corrected chi connectivity index (χ4v) is 1.74. The highest BCUT2D eigenvalue weighted by Gasteiger charge is 2.40. The number of hydrogen-bond donors (Lipinski definition) is 2. The third kappa shape index (κ3) is 1.23. The Kier molecular flexibility index (Phi) is 1.91. The van der Waals surface area contributed by atoms with Crippen molar-refractivity contribution in [3.05, 3.63) is 27.8 Å². The van der Waals surface area contributed by atoms with Crippen molar-refractivity contribution in [2.45, 2.75) is 19.3 Å². The van der Waals surface area contributed by atoms with E-state index in [1.165, 1.54) is 12.1 Å². The van der Waals surface area contributed by atoms with Crippen molar-refractivity contribution < 1.29 is 14.8 Å². The third-order valence-corrected chi connectivity index (χ3v) is 2.80. The molecule has 0 aliphatic carbocycles. The molecule has 2 rings (SSSR count). The zero-order chi connectivity index (χ0) is 12.1. The van der Waals surface area contributed by atoms with Crippen LogP contribution in [0.3, 0.4) is 0 Å². The van der Waals surface area contributed by atoms with Gasteiger partial charge in [0.15, 0.2) is 5.75 Å². The summed E-state index contributed by atoms with van der Waals surface area (Å²) >= 11 is 0. The highest BCUT2D eigenvalue weighted by Crippen LogP contribution is 2.42. The molecule has 1 amide bonds. The van der Waals surface area contributed by atoms with Gasteiger partial charge >= 0.3 is 5.69 Å². The molecule has 2 N–H and O–H groups in total. The summed E-state index contributed by atoms with van der Waals surface area (Å²) in [5.74, 6) is -0.677. The molecule has 0 bridgehead atoms. The molecule has 16 heavy (non-hydrogen) atoms. The number of nitrogens with zero attached hydrogens (tertiary/aromatic N) is 1. The zero-order valence-corrected chi connectivity index (χ0v) is 8.77. The van der Waals surface area contributed by atoms with Crippen LogP contribution in [0.1, 0.15) is 19.4 Å².